The second-order valence-electron chi connectivity index (χ2n) is 5.30. The predicted octanol–water partition coefficient (Wildman–Crippen LogP) is 2.98. The van der Waals surface area contributed by atoms with E-state index in [2.05, 4.69) is 10.3 Å². The van der Waals surface area contributed by atoms with E-state index in [1.54, 1.807) is 24.4 Å². The van der Waals surface area contributed by atoms with Crippen molar-refractivity contribution >= 4 is 17.7 Å². The highest BCUT2D eigenvalue weighted by molar-refractivity contribution is 7.98. The fourth-order valence-corrected chi connectivity index (χ4v) is 2.87. The van der Waals surface area contributed by atoms with E-state index in [-0.39, 0.29) is 17.8 Å². The second-order valence-corrected chi connectivity index (χ2v) is 6.10. The van der Waals surface area contributed by atoms with Crippen LogP contribution in [0.25, 0.3) is 0 Å². The number of hydrogen-bond donors (Lipinski definition) is 1. The topological polar surface area (TPSA) is 45.2 Å². The van der Waals surface area contributed by atoms with Crippen molar-refractivity contribution in [2.24, 2.45) is 0 Å². The standard InChI is InChI=1S/C17H20FN3OS/c1-21(2)15(12-6-4-7-13(18)10-12)11-20-16(22)14-8-5-9-19-17(14)23-3/h4-10,15H,11H2,1-3H3,(H,20,22)/t15-/m0/s1. The van der Waals surface area contributed by atoms with Crippen molar-refractivity contribution in [2.45, 2.75) is 11.1 Å². The molecule has 6 heteroatoms. The van der Waals surface area contributed by atoms with Crippen LogP contribution < -0.4 is 5.32 Å². The third kappa shape index (κ3) is 4.53. The summed E-state index contributed by atoms with van der Waals surface area (Å²) in [4.78, 5) is 18.5. The van der Waals surface area contributed by atoms with Gasteiger partial charge >= 0.3 is 0 Å². The molecule has 122 valence electrons. The van der Waals surface area contributed by atoms with Crippen molar-refractivity contribution < 1.29 is 9.18 Å². The van der Waals surface area contributed by atoms with Crippen molar-refractivity contribution in [3.63, 3.8) is 0 Å². The van der Waals surface area contributed by atoms with Crippen LogP contribution in [0.3, 0.4) is 0 Å². The van der Waals surface area contributed by atoms with E-state index in [0.29, 0.717) is 17.1 Å². The van der Waals surface area contributed by atoms with Crippen molar-refractivity contribution in [3.05, 3.63) is 59.5 Å². The lowest BCUT2D eigenvalue weighted by molar-refractivity contribution is 0.0938. The van der Waals surface area contributed by atoms with Gasteiger partial charge in [0.2, 0.25) is 0 Å². The average molecular weight is 333 g/mol. The lowest BCUT2D eigenvalue weighted by Gasteiger charge is -2.25. The normalized spacial score (nSPS) is 12.2. The first kappa shape index (κ1) is 17.4. The average Bonchev–Trinajstić information content (AvgIpc) is 2.54. The van der Waals surface area contributed by atoms with Gasteiger partial charge < -0.3 is 10.2 Å². The number of hydrogen-bond acceptors (Lipinski definition) is 4. The number of thioether (sulfide) groups is 1. The minimum absolute atomic E-state index is 0.107. The van der Waals surface area contributed by atoms with Gasteiger partial charge in [0.25, 0.3) is 5.91 Å². The van der Waals surface area contributed by atoms with E-state index in [0.717, 1.165) is 5.56 Å². The van der Waals surface area contributed by atoms with E-state index in [1.165, 1.54) is 23.9 Å². The molecule has 1 N–H and O–H groups in total. The third-order valence-electron chi connectivity index (χ3n) is 3.52. The molecular weight excluding hydrogens is 313 g/mol. The van der Waals surface area contributed by atoms with Crippen molar-refractivity contribution in [2.75, 3.05) is 26.9 Å². The van der Waals surface area contributed by atoms with E-state index in [9.17, 15) is 9.18 Å². The van der Waals surface area contributed by atoms with Gasteiger partial charge in [-0.15, -0.1) is 11.8 Å². The van der Waals surface area contributed by atoms with Crippen LogP contribution in [0.15, 0.2) is 47.6 Å². The number of aromatic nitrogens is 1. The lowest BCUT2D eigenvalue weighted by atomic mass is 10.1. The molecule has 0 aliphatic heterocycles. The molecule has 0 aliphatic carbocycles. The maximum Gasteiger partial charge on any atom is 0.254 e. The SMILES string of the molecule is CSc1ncccc1C(=O)NC[C@@H](c1cccc(F)c1)N(C)C. The highest BCUT2D eigenvalue weighted by atomic mass is 32.2. The van der Waals surface area contributed by atoms with Gasteiger partial charge in [0.15, 0.2) is 0 Å². The Bertz CT molecular complexity index is 678. The number of nitrogens with zero attached hydrogens (tertiary/aromatic N) is 2. The van der Waals surface area contributed by atoms with Gasteiger partial charge in [0.05, 0.1) is 11.6 Å². The van der Waals surface area contributed by atoms with Gasteiger partial charge in [-0.2, -0.15) is 0 Å². The van der Waals surface area contributed by atoms with Gasteiger partial charge in [-0.05, 0) is 50.2 Å². The smallest absolute Gasteiger partial charge is 0.254 e. The maximum atomic E-state index is 13.4. The summed E-state index contributed by atoms with van der Waals surface area (Å²) in [5, 5.41) is 3.61. The summed E-state index contributed by atoms with van der Waals surface area (Å²) in [5.41, 5.74) is 1.38. The highest BCUT2D eigenvalue weighted by Crippen LogP contribution is 2.20. The Hall–Kier alpha value is -1.92. The minimum atomic E-state index is -0.280. The number of pyridine rings is 1. The Labute approximate surface area is 140 Å². The predicted molar refractivity (Wildman–Crippen MR) is 91.2 cm³/mol. The zero-order valence-electron chi connectivity index (χ0n) is 13.4. The second kappa shape index (κ2) is 8.08. The molecule has 0 unspecified atom stereocenters. The van der Waals surface area contributed by atoms with Crippen LogP contribution in [0, 0.1) is 5.82 Å². The molecule has 4 nitrogen and oxygen atoms in total. The summed E-state index contributed by atoms with van der Waals surface area (Å²) in [5.74, 6) is -0.455. The summed E-state index contributed by atoms with van der Waals surface area (Å²) in [6.07, 6.45) is 3.55. The molecule has 1 heterocycles. The van der Waals surface area contributed by atoms with Gasteiger partial charge in [-0.25, -0.2) is 9.37 Å². The molecule has 0 radical (unpaired) electrons. The number of benzene rings is 1. The first-order valence-corrected chi connectivity index (χ1v) is 8.44. The molecule has 0 bridgehead atoms. The van der Waals surface area contributed by atoms with E-state index in [1.807, 2.05) is 31.3 Å². The molecular formula is C17H20FN3OS. The Morgan fingerprint density at radius 2 is 2.13 bits per heavy atom. The van der Waals surface area contributed by atoms with Gasteiger partial charge in [-0.3, -0.25) is 4.79 Å². The van der Waals surface area contributed by atoms with Crippen LogP contribution in [0.5, 0.6) is 0 Å². The van der Waals surface area contributed by atoms with Crippen molar-refractivity contribution in [1.82, 2.24) is 15.2 Å². The monoisotopic (exact) mass is 333 g/mol. The van der Waals surface area contributed by atoms with Crippen LogP contribution in [-0.2, 0) is 0 Å². The summed E-state index contributed by atoms with van der Waals surface area (Å²) in [6.45, 7) is 0.387. The van der Waals surface area contributed by atoms with Crippen LogP contribution >= 0.6 is 11.8 Å². The Morgan fingerprint density at radius 1 is 1.35 bits per heavy atom. The van der Waals surface area contributed by atoms with Crippen molar-refractivity contribution in [1.29, 1.82) is 0 Å². The molecule has 1 atom stereocenters. The lowest BCUT2D eigenvalue weighted by Crippen LogP contribution is -2.34. The molecule has 0 spiro atoms. The summed E-state index contributed by atoms with van der Waals surface area (Å²) in [6, 6.07) is 9.83. The zero-order chi connectivity index (χ0) is 16.8. The minimum Gasteiger partial charge on any atom is -0.350 e. The fourth-order valence-electron chi connectivity index (χ4n) is 2.32. The van der Waals surface area contributed by atoms with Crippen LogP contribution in [0.1, 0.15) is 22.0 Å². The van der Waals surface area contributed by atoms with Crippen LogP contribution in [0.4, 0.5) is 4.39 Å². The number of likely N-dealkylation sites (N-methyl/N-ethyl adjacent to an activating group) is 1. The molecule has 2 rings (SSSR count). The molecule has 1 amide bonds. The third-order valence-corrected chi connectivity index (χ3v) is 4.23. The largest absolute Gasteiger partial charge is 0.350 e. The fraction of sp³-hybridized carbons (Fsp3) is 0.294. The Kier molecular flexibility index (Phi) is 6.12. The van der Waals surface area contributed by atoms with Gasteiger partial charge in [0, 0.05) is 12.7 Å². The van der Waals surface area contributed by atoms with E-state index in [4.69, 9.17) is 0 Å². The summed E-state index contributed by atoms with van der Waals surface area (Å²) in [7, 11) is 3.80. The zero-order valence-corrected chi connectivity index (χ0v) is 14.2. The number of carbonyl (C=O) groups excluding carboxylic acids is 1. The Morgan fingerprint density at radius 3 is 2.78 bits per heavy atom. The Balaban J connectivity index is 2.11. The van der Waals surface area contributed by atoms with Crippen LogP contribution in [0.2, 0.25) is 0 Å². The molecule has 1 aromatic heterocycles. The molecule has 23 heavy (non-hydrogen) atoms. The number of amides is 1. The molecule has 2 aromatic rings. The number of rotatable bonds is 6. The highest BCUT2D eigenvalue weighted by Gasteiger charge is 2.18. The molecule has 0 aliphatic rings. The molecule has 0 fully saturated rings. The first-order valence-electron chi connectivity index (χ1n) is 7.22. The summed E-state index contributed by atoms with van der Waals surface area (Å²) >= 11 is 1.43. The summed E-state index contributed by atoms with van der Waals surface area (Å²) < 4.78 is 13.4. The van der Waals surface area contributed by atoms with Gasteiger partial charge in [-0.1, -0.05) is 12.1 Å². The number of carbonyl (C=O) groups is 1. The first-order chi connectivity index (χ1) is 11.0. The number of halogens is 1. The quantitative estimate of drug-likeness (QED) is 0.826. The van der Waals surface area contributed by atoms with Crippen molar-refractivity contribution in [3.8, 4) is 0 Å². The van der Waals surface area contributed by atoms with E-state index < -0.39 is 0 Å². The number of nitrogens with one attached hydrogen (secondary N) is 1. The molecule has 1 aromatic carbocycles. The van der Waals surface area contributed by atoms with Crippen LogP contribution in [-0.4, -0.2) is 42.7 Å². The molecule has 0 saturated carbocycles. The van der Waals surface area contributed by atoms with Gasteiger partial charge in [0.1, 0.15) is 10.8 Å². The molecule has 0 saturated heterocycles. The maximum absolute atomic E-state index is 13.4. The van der Waals surface area contributed by atoms with E-state index >= 15 is 0 Å².